The summed E-state index contributed by atoms with van der Waals surface area (Å²) in [5.74, 6) is -1.62. The van der Waals surface area contributed by atoms with Gasteiger partial charge >= 0.3 is 0 Å². The van der Waals surface area contributed by atoms with E-state index in [9.17, 15) is 13.6 Å². The fraction of sp³-hybridized carbons (Fsp3) is 0.167. The van der Waals surface area contributed by atoms with Gasteiger partial charge in [0.25, 0.3) is 5.91 Å². The third kappa shape index (κ3) is 4.06. The highest BCUT2D eigenvalue weighted by Crippen LogP contribution is 2.21. The summed E-state index contributed by atoms with van der Waals surface area (Å²) in [5, 5.41) is 4.99. The number of nitrogens with zero attached hydrogens (tertiary/aromatic N) is 2. The van der Waals surface area contributed by atoms with Crippen LogP contribution in [-0.2, 0) is 6.42 Å². The van der Waals surface area contributed by atoms with Gasteiger partial charge in [-0.05, 0) is 37.6 Å². The predicted molar refractivity (Wildman–Crippen MR) is 92.3 cm³/mol. The van der Waals surface area contributed by atoms with Crippen molar-refractivity contribution >= 4 is 17.2 Å². The van der Waals surface area contributed by atoms with Crippen molar-refractivity contribution in [2.24, 2.45) is 0 Å². The van der Waals surface area contributed by atoms with Gasteiger partial charge in [-0.15, -0.1) is 11.3 Å². The minimum atomic E-state index is -0.618. The lowest BCUT2D eigenvalue weighted by Crippen LogP contribution is -2.34. The van der Waals surface area contributed by atoms with Gasteiger partial charge in [0.1, 0.15) is 22.3 Å². The van der Waals surface area contributed by atoms with Crippen LogP contribution in [0.4, 0.5) is 8.78 Å². The molecule has 2 aromatic heterocycles. The summed E-state index contributed by atoms with van der Waals surface area (Å²) in [6, 6.07) is 8.72. The minimum Gasteiger partial charge on any atom is -0.348 e. The Labute approximate surface area is 147 Å². The fourth-order valence-corrected chi connectivity index (χ4v) is 3.14. The first-order chi connectivity index (χ1) is 12.0. The van der Waals surface area contributed by atoms with Crippen LogP contribution in [0.3, 0.4) is 0 Å². The Balaban J connectivity index is 1.67. The summed E-state index contributed by atoms with van der Waals surface area (Å²) >= 11 is 1.31. The van der Waals surface area contributed by atoms with Gasteiger partial charge in [-0.1, -0.05) is 12.1 Å². The van der Waals surface area contributed by atoms with Crippen molar-refractivity contribution in [2.75, 3.05) is 0 Å². The third-order valence-corrected chi connectivity index (χ3v) is 4.44. The largest absolute Gasteiger partial charge is 0.348 e. The van der Waals surface area contributed by atoms with E-state index in [4.69, 9.17) is 0 Å². The Hall–Kier alpha value is -2.67. The van der Waals surface area contributed by atoms with Crippen molar-refractivity contribution < 1.29 is 13.6 Å². The second-order valence-corrected chi connectivity index (χ2v) is 6.39. The summed E-state index contributed by atoms with van der Waals surface area (Å²) in [7, 11) is 0. The maximum absolute atomic E-state index is 13.7. The van der Waals surface area contributed by atoms with Gasteiger partial charge in [0.05, 0.1) is 5.69 Å². The van der Waals surface area contributed by atoms with Gasteiger partial charge in [-0.3, -0.25) is 9.78 Å². The molecule has 3 aromatic rings. The summed E-state index contributed by atoms with van der Waals surface area (Å²) in [4.78, 5) is 20.7. The number of hydrogen-bond donors (Lipinski definition) is 1. The molecule has 7 heteroatoms. The zero-order valence-corrected chi connectivity index (χ0v) is 14.2. The van der Waals surface area contributed by atoms with Crippen LogP contribution < -0.4 is 5.32 Å². The van der Waals surface area contributed by atoms with E-state index in [0.717, 1.165) is 0 Å². The molecular weight excluding hydrogens is 344 g/mol. The molecule has 0 saturated carbocycles. The van der Waals surface area contributed by atoms with Crippen LogP contribution in [0.2, 0.25) is 0 Å². The molecule has 0 unspecified atom stereocenters. The summed E-state index contributed by atoms with van der Waals surface area (Å²) in [5.41, 5.74) is 0.905. The number of rotatable bonds is 5. The molecule has 2 heterocycles. The highest BCUT2D eigenvalue weighted by Gasteiger charge is 2.17. The molecule has 0 spiro atoms. The van der Waals surface area contributed by atoms with E-state index in [0.29, 0.717) is 10.7 Å². The minimum absolute atomic E-state index is 0.0391. The van der Waals surface area contributed by atoms with Crippen LogP contribution in [0.5, 0.6) is 0 Å². The van der Waals surface area contributed by atoms with Crippen LogP contribution in [-0.4, -0.2) is 21.9 Å². The molecule has 0 aliphatic heterocycles. The Morgan fingerprint density at radius 3 is 2.64 bits per heavy atom. The molecule has 25 heavy (non-hydrogen) atoms. The second kappa shape index (κ2) is 7.48. The van der Waals surface area contributed by atoms with Crippen molar-refractivity contribution in [1.29, 1.82) is 0 Å². The molecule has 0 aliphatic carbocycles. The first-order valence-corrected chi connectivity index (χ1v) is 8.53. The number of carbonyl (C=O) groups is 1. The SMILES string of the molecule is C[C@H](Cc1c(F)cccc1F)NC(=O)c1csc(-c2ccccn2)n1. The van der Waals surface area contributed by atoms with Crippen LogP contribution in [0.15, 0.2) is 48.0 Å². The Morgan fingerprint density at radius 2 is 1.96 bits per heavy atom. The number of pyridine rings is 1. The summed E-state index contributed by atoms with van der Waals surface area (Å²) < 4.78 is 27.4. The van der Waals surface area contributed by atoms with E-state index in [1.165, 1.54) is 29.5 Å². The van der Waals surface area contributed by atoms with Gasteiger partial charge in [-0.2, -0.15) is 0 Å². The maximum Gasteiger partial charge on any atom is 0.270 e. The predicted octanol–water partition coefficient (Wildman–Crippen LogP) is 3.84. The van der Waals surface area contributed by atoms with Crippen molar-refractivity contribution in [1.82, 2.24) is 15.3 Å². The van der Waals surface area contributed by atoms with Crippen molar-refractivity contribution in [2.45, 2.75) is 19.4 Å². The van der Waals surface area contributed by atoms with Gasteiger partial charge < -0.3 is 5.32 Å². The van der Waals surface area contributed by atoms with Crippen LogP contribution >= 0.6 is 11.3 Å². The van der Waals surface area contributed by atoms with Gasteiger partial charge in [-0.25, -0.2) is 13.8 Å². The van der Waals surface area contributed by atoms with E-state index in [2.05, 4.69) is 15.3 Å². The van der Waals surface area contributed by atoms with E-state index >= 15 is 0 Å². The number of benzene rings is 1. The molecule has 1 N–H and O–H groups in total. The third-order valence-electron chi connectivity index (χ3n) is 3.57. The fourth-order valence-electron chi connectivity index (χ4n) is 2.37. The van der Waals surface area contributed by atoms with Crippen molar-refractivity contribution in [3.8, 4) is 10.7 Å². The molecule has 0 saturated heterocycles. The van der Waals surface area contributed by atoms with E-state index in [1.807, 2.05) is 12.1 Å². The normalized spacial score (nSPS) is 12.0. The molecule has 0 fully saturated rings. The molecule has 3 rings (SSSR count). The molecule has 128 valence electrons. The average molecular weight is 359 g/mol. The Kier molecular flexibility index (Phi) is 5.14. The number of nitrogens with one attached hydrogen (secondary N) is 1. The van der Waals surface area contributed by atoms with Crippen molar-refractivity contribution in [3.63, 3.8) is 0 Å². The Bertz CT molecular complexity index is 863. The molecule has 0 aliphatic rings. The molecule has 1 amide bonds. The molecular formula is C18H15F2N3OS. The standard InChI is InChI=1S/C18H15F2N3OS/c1-11(9-12-13(19)5-4-6-14(12)20)22-17(24)16-10-25-18(23-16)15-7-2-3-8-21-15/h2-8,10-11H,9H2,1H3,(H,22,24)/t11-/m1/s1. The number of thiazole rings is 1. The number of hydrogen-bond acceptors (Lipinski definition) is 4. The highest BCUT2D eigenvalue weighted by molar-refractivity contribution is 7.13. The zero-order chi connectivity index (χ0) is 17.8. The van der Waals surface area contributed by atoms with E-state index in [-0.39, 0.29) is 23.6 Å². The highest BCUT2D eigenvalue weighted by atomic mass is 32.1. The zero-order valence-electron chi connectivity index (χ0n) is 13.4. The number of carbonyl (C=O) groups excluding carboxylic acids is 1. The average Bonchev–Trinajstić information content (AvgIpc) is 3.09. The van der Waals surface area contributed by atoms with Crippen molar-refractivity contribution in [3.05, 3.63) is 70.9 Å². The van der Waals surface area contributed by atoms with Crippen LogP contribution in [0, 0.1) is 11.6 Å². The quantitative estimate of drug-likeness (QED) is 0.753. The van der Waals surface area contributed by atoms with Crippen LogP contribution in [0.1, 0.15) is 23.0 Å². The molecule has 1 aromatic carbocycles. The van der Waals surface area contributed by atoms with Gasteiger partial charge in [0.15, 0.2) is 0 Å². The summed E-state index contributed by atoms with van der Waals surface area (Å²) in [6.45, 7) is 1.69. The first kappa shape index (κ1) is 17.2. The lowest BCUT2D eigenvalue weighted by atomic mass is 10.1. The first-order valence-electron chi connectivity index (χ1n) is 7.65. The summed E-state index contributed by atoms with van der Waals surface area (Å²) in [6.07, 6.45) is 1.71. The number of halogens is 2. The molecule has 1 atom stereocenters. The number of amides is 1. The van der Waals surface area contributed by atoms with E-state index < -0.39 is 17.7 Å². The maximum atomic E-state index is 13.7. The topological polar surface area (TPSA) is 54.9 Å². The smallest absolute Gasteiger partial charge is 0.270 e. The lowest BCUT2D eigenvalue weighted by molar-refractivity contribution is 0.0935. The molecule has 0 bridgehead atoms. The van der Waals surface area contributed by atoms with Crippen LogP contribution in [0.25, 0.3) is 10.7 Å². The monoisotopic (exact) mass is 359 g/mol. The van der Waals surface area contributed by atoms with Gasteiger partial charge in [0.2, 0.25) is 0 Å². The second-order valence-electron chi connectivity index (χ2n) is 5.53. The van der Waals surface area contributed by atoms with E-state index in [1.54, 1.807) is 24.6 Å². The van der Waals surface area contributed by atoms with Gasteiger partial charge in [0, 0.05) is 23.2 Å². The molecule has 4 nitrogen and oxygen atoms in total. The lowest BCUT2D eigenvalue weighted by Gasteiger charge is -2.14. The number of aromatic nitrogens is 2. The Morgan fingerprint density at radius 1 is 1.20 bits per heavy atom. The molecule has 0 radical (unpaired) electrons.